The summed E-state index contributed by atoms with van der Waals surface area (Å²) in [7, 11) is 0. The number of hydrogen-bond donors (Lipinski definition) is 3. The van der Waals surface area contributed by atoms with Gasteiger partial charge in [-0.2, -0.15) is 0 Å². The number of nitrogens with one attached hydrogen (secondary N) is 1. The Labute approximate surface area is 129 Å². The summed E-state index contributed by atoms with van der Waals surface area (Å²) in [5.74, 6) is -1.05. The number of anilines is 1. The molecule has 2 atom stereocenters. The van der Waals surface area contributed by atoms with Crippen LogP contribution in [0.5, 0.6) is 0 Å². The Morgan fingerprint density at radius 3 is 3.19 bits per heavy atom. The molecule has 0 bridgehead atoms. The Hall–Kier alpha value is -1.18. The lowest BCUT2D eigenvalue weighted by molar-refractivity contribution is -0.138. The second kappa shape index (κ2) is 7.72. The summed E-state index contributed by atoms with van der Waals surface area (Å²) in [6.45, 7) is 5.45. The van der Waals surface area contributed by atoms with Gasteiger partial charge < -0.3 is 21.1 Å². The number of aliphatic carboxylic acids is 1. The molecule has 0 aromatic carbocycles. The Kier molecular flexibility index (Phi) is 5.96. The van der Waals surface area contributed by atoms with Crippen molar-refractivity contribution in [2.75, 3.05) is 25.0 Å². The fourth-order valence-corrected chi connectivity index (χ4v) is 3.38. The normalized spacial score (nSPS) is 21.1. The predicted molar refractivity (Wildman–Crippen MR) is 84.7 cm³/mol. The highest BCUT2D eigenvalue weighted by atomic mass is 32.1. The van der Waals surface area contributed by atoms with Crippen molar-refractivity contribution in [3.05, 3.63) is 11.1 Å². The van der Waals surface area contributed by atoms with Crippen LogP contribution < -0.4 is 11.1 Å². The molecule has 2 rings (SSSR count). The third-order valence-electron chi connectivity index (χ3n) is 3.95. The van der Waals surface area contributed by atoms with E-state index in [0.29, 0.717) is 11.7 Å². The van der Waals surface area contributed by atoms with E-state index >= 15 is 0 Å². The van der Waals surface area contributed by atoms with E-state index in [1.165, 1.54) is 37.1 Å². The van der Waals surface area contributed by atoms with Crippen LogP contribution >= 0.6 is 11.3 Å². The number of hydrogen-bond acceptors (Lipinski definition) is 6. The van der Waals surface area contributed by atoms with E-state index in [4.69, 9.17) is 10.8 Å². The van der Waals surface area contributed by atoms with Crippen molar-refractivity contribution < 1.29 is 9.90 Å². The Morgan fingerprint density at radius 2 is 2.48 bits per heavy atom. The van der Waals surface area contributed by atoms with Gasteiger partial charge in [0.05, 0.1) is 5.69 Å². The number of likely N-dealkylation sites (tertiary alicyclic amines) is 1. The molecule has 0 amide bonds. The molecule has 2 heterocycles. The number of nitrogens with two attached hydrogens (primary N) is 1. The highest BCUT2D eigenvalue weighted by Crippen LogP contribution is 2.20. The van der Waals surface area contributed by atoms with E-state index in [9.17, 15) is 4.79 Å². The van der Waals surface area contributed by atoms with Crippen LogP contribution in [-0.2, 0) is 4.79 Å². The van der Waals surface area contributed by atoms with E-state index in [-0.39, 0.29) is 0 Å². The van der Waals surface area contributed by atoms with Crippen molar-refractivity contribution in [3.63, 3.8) is 0 Å². The number of carboxylic acids is 1. The molecule has 1 aliphatic rings. The summed E-state index contributed by atoms with van der Waals surface area (Å²) in [6, 6.07) is -0.343. The number of rotatable bonds is 7. The quantitative estimate of drug-likeness (QED) is 0.666. The Balaban J connectivity index is 1.70. The lowest BCUT2D eigenvalue weighted by Gasteiger charge is -2.33. The van der Waals surface area contributed by atoms with E-state index in [1.807, 2.05) is 0 Å². The Morgan fingerprint density at radius 1 is 1.67 bits per heavy atom. The van der Waals surface area contributed by atoms with Gasteiger partial charge in [0.15, 0.2) is 5.13 Å². The van der Waals surface area contributed by atoms with Crippen molar-refractivity contribution in [2.24, 2.45) is 5.73 Å². The van der Waals surface area contributed by atoms with Crippen LogP contribution in [0, 0.1) is 0 Å². The topological polar surface area (TPSA) is 91.5 Å². The van der Waals surface area contributed by atoms with E-state index < -0.39 is 12.0 Å². The number of nitrogens with zero attached hydrogens (tertiary/aromatic N) is 2. The van der Waals surface area contributed by atoms with Crippen molar-refractivity contribution in [3.8, 4) is 0 Å². The minimum atomic E-state index is -1.05. The zero-order valence-corrected chi connectivity index (χ0v) is 13.2. The van der Waals surface area contributed by atoms with Crippen molar-refractivity contribution in [2.45, 2.75) is 44.7 Å². The van der Waals surface area contributed by atoms with Gasteiger partial charge in [-0.05, 0) is 32.7 Å². The van der Waals surface area contributed by atoms with Gasteiger partial charge in [0.25, 0.3) is 0 Å². The van der Waals surface area contributed by atoms with Gasteiger partial charge in [-0.15, -0.1) is 11.3 Å². The molecule has 118 valence electrons. The molecule has 1 aromatic heterocycles. The zero-order chi connectivity index (χ0) is 15.2. The van der Waals surface area contributed by atoms with Gasteiger partial charge in [-0.25, -0.2) is 4.98 Å². The van der Waals surface area contributed by atoms with Crippen LogP contribution in [-0.4, -0.2) is 46.6 Å². The molecular formula is C14H24N4O2S. The molecule has 7 heteroatoms. The monoisotopic (exact) mass is 312 g/mol. The average Bonchev–Trinajstić information content (AvgIpc) is 2.93. The number of piperidine rings is 1. The van der Waals surface area contributed by atoms with Crippen LogP contribution in [0.25, 0.3) is 0 Å². The first-order valence-corrected chi connectivity index (χ1v) is 8.37. The summed E-state index contributed by atoms with van der Waals surface area (Å²) in [5, 5.41) is 14.5. The van der Waals surface area contributed by atoms with Crippen LogP contribution in [0.2, 0.25) is 0 Å². The molecule has 6 nitrogen and oxygen atoms in total. The number of thiazole rings is 1. The van der Waals surface area contributed by atoms with Crippen molar-refractivity contribution >= 4 is 22.4 Å². The summed E-state index contributed by atoms with van der Waals surface area (Å²) in [4.78, 5) is 17.5. The molecule has 1 aromatic rings. The number of carboxylic acid groups (broad SMARTS) is 1. The van der Waals surface area contributed by atoms with Gasteiger partial charge in [0.1, 0.15) is 6.04 Å². The summed E-state index contributed by atoms with van der Waals surface area (Å²) in [6.07, 6.45) is 5.02. The minimum absolute atomic E-state index is 0.416. The van der Waals surface area contributed by atoms with E-state index in [1.54, 1.807) is 5.38 Å². The molecule has 1 aliphatic heterocycles. The second-order valence-corrected chi connectivity index (χ2v) is 6.41. The van der Waals surface area contributed by atoms with Crippen molar-refractivity contribution in [1.29, 1.82) is 0 Å². The molecule has 2 unspecified atom stereocenters. The number of carbonyl (C=O) groups is 1. The predicted octanol–water partition coefficient (Wildman–Crippen LogP) is 1.90. The Bertz CT molecular complexity index is 466. The maximum absolute atomic E-state index is 10.8. The highest BCUT2D eigenvalue weighted by molar-refractivity contribution is 7.13. The first-order chi connectivity index (χ1) is 10.1. The lowest BCUT2D eigenvalue weighted by Crippen LogP contribution is -2.38. The SMILES string of the molecule is CC1CCCCN1CCCNc1nc(C(N)C(=O)O)cs1. The van der Waals surface area contributed by atoms with Gasteiger partial charge in [0.2, 0.25) is 0 Å². The third kappa shape index (κ3) is 4.66. The average molecular weight is 312 g/mol. The van der Waals surface area contributed by atoms with E-state index in [0.717, 1.165) is 24.6 Å². The zero-order valence-electron chi connectivity index (χ0n) is 12.4. The van der Waals surface area contributed by atoms with Crippen LogP contribution in [0.1, 0.15) is 44.3 Å². The molecule has 21 heavy (non-hydrogen) atoms. The molecule has 1 fully saturated rings. The molecule has 0 spiro atoms. The second-order valence-electron chi connectivity index (χ2n) is 5.55. The third-order valence-corrected chi connectivity index (χ3v) is 4.76. The summed E-state index contributed by atoms with van der Waals surface area (Å²) >= 11 is 1.40. The maximum atomic E-state index is 10.8. The minimum Gasteiger partial charge on any atom is -0.480 e. The molecule has 0 radical (unpaired) electrons. The van der Waals surface area contributed by atoms with Gasteiger partial charge in [-0.3, -0.25) is 4.79 Å². The van der Waals surface area contributed by atoms with Gasteiger partial charge in [0, 0.05) is 24.5 Å². The maximum Gasteiger partial charge on any atom is 0.326 e. The standard InChI is InChI=1S/C14H24N4O2S/c1-10-5-2-3-7-18(10)8-4-6-16-14-17-11(9-21-14)12(15)13(19)20/h9-10,12H,2-8,15H2,1H3,(H,16,17)(H,19,20). The van der Waals surface area contributed by atoms with Gasteiger partial charge >= 0.3 is 5.97 Å². The summed E-state index contributed by atoms with van der Waals surface area (Å²) in [5.41, 5.74) is 5.95. The molecular weight excluding hydrogens is 288 g/mol. The fourth-order valence-electron chi connectivity index (χ4n) is 2.60. The highest BCUT2D eigenvalue weighted by Gasteiger charge is 2.18. The number of aromatic nitrogens is 1. The lowest BCUT2D eigenvalue weighted by atomic mass is 10.0. The molecule has 1 saturated heterocycles. The summed E-state index contributed by atoms with van der Waals surface area (Å²) < 4.78 is 0. The smallest absolute Gasteiger partial charge is 0.326 e. The van der Waals surface area contributed by atoms with Crippen LogP contribution in [0.4, 0.5) is 5.13 Å². The molecule has 4 N–H and O–H groups in total. The largest absolute Gasteiger partial charge is 0.480 e. The van der Waals surface area contributed by atoms with Crippen molar-refractivity contribution in [1.82, 2.24) is 9.88 Å². The first-order valence-electron chi connectivity index (χ1n) is 7.49. The first kappa shape index (κ1) is 16.2. The molecule has 0 aliphatic carbocycles. The fraction of sp³-hybridized carbons (Fsp3) is 0.714. The van der Waals surface area contributed by atoms with E-state index in [2.05, 4.69) is 22.1 Å². The van der Waals surface area contributed by atoms with Crippen LogP contribution in [0.3, 0.4) is 0 Å². The molecule has 0 saturated carbocycles. The van der Waals surface area contributed by atoms with Gasteiger partial charge in [-0.1, -0.05) is 6.42 Å². The van der Waals surface area contributed by atoms with Crippen LogP contribution in [0.15, 0.2) is 5.38 Å².